The van der Waals surface area contributed by atoms with E-state index in [0.717, 1.165) is 60.0 Å². The van der Waals surface area contributed by atoms with Gasteiger partial charge in [-0.15, -0.1) is 10.2 Å². The first-order chi connectivity index (χ1) is 26.9. The van der Waals surface area contributed by atoms with Gasteiger partial charge < -0.3 is 29.7 Å². The number of carboxylic acid groups (broad SMARTS) is 1. The van der Waals surface area contributed by atoms with Crippen molar-refractivity contribution in [3.8, 4) is 17.2 Å². The summed E-state index contributed by atoms with van der Waals surface area (Å²) in [6, 6.07) is 16.2. The summed E-state index contributed by atoms with van der Waals surface area (Å²) in [5.41, 5.74) is 4.18. The summed E-state index contributed by atoms with van der Waals surface area (Å²) in [4.78, 5) is 30.9. The molecule has 1 saturated heterocycles. The second-order valence-electron chi connectivity index (χ2n) is 15.8. The third-order valence-electron chi connectivity index (χ3n) is 10.3. The lowest BCUT2D eigenvalue weighted by Crippen LogP contribution is -2.44. The number of likely N-dealkylation sites (N-methyl/N-ethyl adjacent to an activating group) is 1. The molecule has 298 valence electrons. The maximum absolute atomic E-state index is 13.7. The first kappa shape index (κ1) is 40.0. The van der Waals surface area contributed by atoms with Crippen molar-refractivity contribution < 1.29 is 24.2 Å². The van der Waals surface area contributed by atoms with Crippen LogP contribution in [0.5, 0.6) is 11.5 Å². The van der Waals surface area contributed by atoms with Gasteiger partial charge in [0.2, 0.25) is 5.95 Å². The fraction of sp³-hybridized carbons (Fsp3) is 0.463. The van der Waals surface area contributed by atoms with Crippen molar-refractivity contribution in [3.63, 3.8) is 0 Å². The zero-order valence-electron chi connectivity index (χ0n) is 33.3. The summed E-state index contributed by atoms with van der Waals surface area (Å²) >= 11 is 0. The predicted molar refractivity (Wildman–Crippen MR) is 215 cm³/mol. The molecule has 3 N–H and O–H groups in total. The second kappa shape index (κ2) is 17.4. The van der Waals surface area contributed by atoms with Gasteiger partial charge in [-0.2, -0.15) is 5.10 Å². The van der Waals surface area contributed by atoms with Crippen molar-refractivity contribution in [2.45, 2.75) is 96.4 Å². The SMILES string of the molecule is C[C@@H]1CCC[C@H](C)N1c1nnc2ccc(OC3CCC(NC(=O)Nc4cc(C(C)(C)C)nn4-c4cncc(OCCN(C)C)c4)c4ccccc43)cn12.O=CO. The van der Waals surface area contributed by atoms with Gasteiger partial charge in [0.15, 0.2) is 5.65 Å². The first-order valence-corrected chi connectivity index (χ1v) is 19.2. The highest BCUT2D eigenvalue weighted by atomic mass is 16.5. The molecule has 5 heterocycles. The number of aromatic nitrogens is 6. The second-order valence-corrected chi connectivity index (χ2v) is 15.8. The van der Waals surface area contributed by atoms with E-state index < -0.39 is 0 Å². The number of pyridine rings is 2. The molecule has 15 heteroatoms. The summed E-state index contributed by atoms with van der Waals surface area (Å²) in [7, 11) is 4.01. The molecule has 1 aliphatic carbocycles. The maximum Gasteiger partial charge on any atom is 0.320 e. The van der Waals surface area contributed by atoms with Crippen molar-refractivity contribution >= 4 is 29.9 Å². The van der Waals surface area contributed by atoms with Crippen LogP contribution in [-0.4, -0.2) is 91.2 Å². The van der Waals surface area contributed by atoms with Gasteiger partial charge in [0.25, 0.3) is 6.47 Å². The summed E-state index contributed by atoms with van der Waals surface area (Å²) in [5.74, 6) is 2.79. The Morgan fingerprint density at radius 3 is 2.43 bits per heavy atom. The zero-order valence-corrected chi connectivity index (χ0v) is 33.3. The Morgan fingerprint density at radius 2 is 1.71 bits per heavy atom. The number of fused-ring (bicyclic) bond motifs is 2. The van der Waals surface area contributed by atoms with Crippen molar-refractivity contribution in [2.75, 3.05) is 37.5 Å². The van der Waals surface area contributed by atoms with E-state index in [1.165, 1.54) is 6.42 Å². The molecule has 4 atom stereocenters. The summed E-state index contributed by atoms with van der Waals surface area (Å²) in [6.45, 7) is 11.9. The van der Waals surface area contributed by atoms with E-state index in [4.69, 9.17) is 24.5 Å². The molecule has 2 aliphatic rings. The number of carbonyl (C=O) groups is 2. The van der Waals surface area contributed by atoms with Gasteiger partial charge in [0.05, 0.1) is 36.0 Å². The Bertz CT molecular complexity index is 2100. The molecular weight excluding hydrogens is 713 g/mol. The van der Waals surface area contributed by atoms with Crippen LogP contribution >= 0.6 is 0 Å². The summed E-state index contributed by atoms with van der Waals surface area (Å²) in [5, 5.41) is 27.1. The van der Waals surface area contributed by atoms with Crippen LogP contribution in [0.15, 0.2) is 67.1 Å². The average Bonchev–Trinajstić information content (AvgIpc) is 3.78. The molecule has 56 heavy (non-hydrogen) atoms. The third kappa shape index (κ3) is 9.21. The number of urea groups is 1. The average molecular weight is 767 g/mol. The van der Waals surface area contributed by atoms with Crippen molar-refractivity contribution in [1.82, 2.24) is 39.6 Å². The zero-order chi connectivity index (χ0) is 40.0. The van der Waals surface area contributed by atoms with Crippen LogP contribution in [0, 0.1) is 0 Å². The monoisotopic (exact) mass is 766 g/mol. The summed E-state index contributed by atoms with van der Waals surface area (Å²) < 4.78 is 16.4. The predicted octanol–water partition coefficient (Wildman–Crippen LogP) is 6.79. The number of anilines is 2. The molecule has 15 nitrogen and oxygen atoms in total. The van der Waals surface area contributed by atoms with E-state index in [-0.39, 0.29) is 30.1 Å². The van der Waals surface area contributed by atoms with Gasteiger partial charge in [-0.05, 0) is 83.3 Å². The number of hydrogen-bond acceptors (Lipinski definition) is 10. The molecule has 1 aromatic carbocycles. The smallest absolute Gasteiger partial charge is 0.320 e. The standard InChI is InChI=1S/C40H52N10O3.CH2O2/c1-26-11-10-12-27(2)49(26)39-45-44-36-18-15-29(25-48(36)39)53-34-17-16-33(31-13-8-9-14-32(31)34)42-38(51)43-37-22-35(40(3,4)5)46-50(37)28-21-30(24-41-23-28)52-20-19-47(6)7;2-1-3/h8-9,13-15,18,21-27,33-34H,10-12,16-17,19-20H2,1-7H3,(H2,42,43,51);1H,(H,2,3)/t26-,27+,33?,34?;. The molecule has 0 radical (unpaired) electrons. The highest BCUT2D eigenvalue weighted by molar-refractivity contribution is 5.89. The first-order valence-electron chi connectivity index (χ1n) is 19.2. The number of amides is 2. The number of rotatable bonds is 10. The van der Waals surface area contributed by atoms with Crippen LogP contribution in [0.4, 0.5) is 16.6 Å². The topological polar surface area (TPSA) is 164 Å². The number of nitrogens with one attached hydrogen (secondary N) is 2. The Kier molecular flexibility index (Phi) is 12.4. The normalized spacial score (nSPS) is 19.5. The minimum Gasteiger partial charge on any atom is -0.491 e. The fourth-order valence-electron chi connectivity index (χ4n) is 7.40. The van der Waals surface area contributed by atoms with E-state index in [9.17, 15) is 4.79 Å². The molecule has 5 aromatic rings. The van der Waals surface area contributed by atoms with Crippen molar-refractivity contribution in [3.05, 3.63) is 83.9 Å². The van der Waals surface area contributed by atoms with Crippen LogP contribution in [0.25, 0.3) is 11.3 Å². The highest BCUT2D eigenvalue weighted by Crippen LogP contribution is 2.39. The number of benzene rings is 1. The Morgan fingerprint density at radius 1 is 0.982 bits per heavy atom. The van der Waals surface area contributed by atoms with Gasteiger partial charge in [0, 0.05) is 36.2 Å². The Balaban J connectivity index is 0.00000172. The van der Waals surface area contributed by atoms with Gasteiger partial charge in [-0.25, -0.2) is 9.48 Å². The van der Waals surface area contributed by atoms with E-state index in [1.807, 2.05) is 56.7 Å². The van der Waals surface area contributed by atoms with Crippen molar-refractivity contribution in [2.24, 2.45) is 0 Å². The van der Waals surface area contributed by atoms with Gasteiger partial charge >= 0.3 is 6.03 Å². The highest BCUT2D eigenvalue weighted by Gasteiger charge is 2.31. The molecule has 7 rings (SSSR count). The molecule has 0 bridgehead atoms. The summed E-state index contributed by atoms with van der Waals surface area (Å²) in [6.07, 6.45) is 10.2. The molecule has 1 aliphatic heterocycles. The molecular formula is C41H54N10O5. The van der Waals surface area contributed by atoms with Crippen LogP contribution in [0.1, 0.15) is 95.7 Å². The third-order valence-corrected chi connectivity index (χ3v) is 10.3. The van der Waals surface area contributed by atoms with E-state index in [1.54, 1.807) is 17.1 Å². The van der Waals surface area contributed by atoms with Crippen LogP contribution in [-0.2, 0) is 10.2 Å². The van der Waals surface area contributed by atoms with Crippen LogP contribution in [0.2, 0.25) is 0 Å². The Hall–Kier alpha value is -5.70. The molecule has 0 saturated carbocycles. The molecule has 2 unspecified atom stereocenters. The number of piperidine rings is 1. The van der Waals surface area contributed by atoms with Gasteiger partial charge in [-0.3, -0.25) is 19.5 Å². The fourth-order valence-corrected chi connectivity index (χ4v) is 7.40. The number of nitrogens with zero attached hydrogens (tertiary/aromatic N) is 8. The lowest BCUT2D eigenvalue weighted by atomic mass is 9.85. The minimum atomic E-state index is -0.316. The number of carbonyl (C=O) groups excluding carboxylic acids is 1. The van der Waals surface area contributed by atoms with Gasteiger partial charge in [0.1, 0.15) is 30.0 Å². The lowest BCUT2D eigenvalue weighted by molar-refractivity contribution is -0.122. The maximum atomic E-state index is 13.7. The van der Waals surface area contributed by atoms with Crippen LogP contribution in [0.3, 0.4) is 0 Å². The molecule has 0 spiro atoms. The number of hydrogen-bond donors (Lipinski definition) is 3. The quantitative estimate of drug-likeness (QED) is 0.128. The van der Waals surface area contributed by atoms with E-state index in [2.05, 4.69) is 86.8 Å². The number of ether oxygens (including phenoxy) is 2. The van der Waals surface area contributed by atoms with Crippen molar-refractivity contribution in [1.29, 1.82) is 0 Å². The van der Waals surface area contributed by atoms with E-state index >= 15 is 0 Å². The van der Waals surface area contributed by atoms with E-state index in [0.29, 0.717) is 42.4 Å². The molecule has 4 aromatic heterocycles. The lowest BCUT2D eigenvalue weighted by Gasteiger charge is -2.39. The van der Waals surface area contributed by atoms with Gasteiger partial charge in [-0.1, -0.05) is 45.0 Å². The van der Waals surface area contributed by atoms with Crippen LogP contribution < -0.4 is 25.0 Å². The Labute approximate surface area is 328 Å². The largest absolute Gasteiger partial charge is 0.491 e. The molecule has 1 fully saturated rings. The minimum absolute atomic E-state index is 0.173. The molecule has 2 amide bonds.